The number of aliphatic hydroxyl groups excluding tert-OH is 2. The van der Waals surface area contributed by atoms with Crippen LogP contribution in [0, 0.1) is 5.92 Å². The van der Waals surface area contributed by atoms with E-state index in [0.717, 1.165) is 0 Å². The number of hydrogen-bond donors (Lipinski definition) is 2. The van der Waals surface area contributed by atoms with Gasteiger partial charge in [0.15, 0.2) is 11.5 Å². The number of esters is 1. The van der Waals surface area contributed by atoms with Crippen molar-refractivity contribution >= 4 is 11.7 Å². The van der Waals surface area contributed by atoms with Crippen molar-refractivity contribution in [2.75, 3.05) is 28.4 Å². The summed E-state index contributed by atoms with van der Waals surface area (Å²) in [4.78, 5) is 11.8. The Labute approximate surface area is 127 Å². The number of rotatable bonds is 4. The second kappa shape index (κ2) is 6.15. The summed E-state index contributed by atoms with van der Waals surface area (Å²) in [5.74, 6) is -1.08. The van der Waals surface area contributed by atoms with Crippen LogP contribution in [0.15, 0.2) is 12.1 Å². The quantitative estimate of drug-likeness (QED) is 0.813. The molecule has 1 aliphatic carbocycles. The minimum absolute atomic E-state index is 0.171. The maximum atomic E-state index is 11.8. The monoisotopic (exact) mass is 310 g/mol. The summed E-state index contributed by atoms with van der Waals surface area (Å²) in [5.41, 5.74) is 0.553. The molecule has 0 radical (unpaired) electrons. The number of benzene rings is 1. The van der Waals surface area contributed by atoms with Crippen LogP contribution in [0.1, 0.15) is 17.2 Å². The molecule has 1 aliphatic rings. The fraction of sp³-hybridized carbons (Fsp3) is 0.400. The zero-order valence-electron chi connectivity index (χ0n) is 12.7. The number of fused-ring (bicyclic) bond motifs is 1. The number of aliphatic hydroxyl groups is 2. The lowest BCUT2D eigenvalue weighted by Gasteiger charge is -2.28. The first-order valence-corrected chi connectivity index (χ1v) is 6.50. The Bertz CT molecular complexity index is 621. The molecule has 2 unspecified atom stereocenters. The molecule has 1 aromatic carbocycles. The summed E-state index contributed by atoms with van der Waals surface area (Å²) >= 11 is 0. The van der Waals surface area contributed by atoms with E-state index in [-0.39, 0.29) is 22.8 Å². The standard InChI is InChI=1S/C15H18O7/c1-19-10-6-7-9(16)5-8(15(18)22-4)12(17)11(7)14(21-3)13(10)20-2/h5-6,8,12,16-17H,1-4H3. The van der Waals surface area contributed by atoms with Crippen LogP contribution in [-0.4, -0.2) is 44.6 Å². The largest absolute Gasteiger partial charge is 0.508 e. The lowest BCUT2D eigenvalue weighted by Crippen LogP contribution is -2.26. The summed E-state index contributed by atoms with van der Waals surface area (Å²) < 4.78 is 20.4. The van der Waals surface area contributed by atoms with Crippen LogP contribution in [-0.2, 0) is 9.53 Å². The van der Waals surface area contributed by atoms with E-state index in [0.29, 0.717) is 11.3 Å². The fourth-order valence-corrected chi connectivity index (χ4v) is 2.55. The maximum absolute atomic E-state index is 11.8. The highest BCUT2D eigenvalue weighted by molar-refractivity contribution is 5.83. The Balaban J connectivity index is 2.72. The highest BCUT2D eigenvalue weighted by Crippen LogP contribution is 2.49. The van der Waals surface area contributed by atoms with Gasteiger partial charge in [0, 0.05) is 11.1 Å². The van der Waals surface area contributed by atoms with E-state index in [1.165, 1.54) is 40.6 Å². The van der Waals surface area contributed by atoms with Crippen LogP contribution in [0.3, 0.4) is 0 Å². The number of carbonyl (C=O) groups is 1. The first-order valence-electron chi connectivity index (χ1n) is 6.50. The van der Waals surface area contributed by atoms with Gasteiger partial charge in [0.05, 0.1) is 28.4 Å². The summed E-state index contributed by atoms with van der Waals surface area (Å²) in [6, 6.07) is 1.51. The van der Waals surface area contributed by atoms with Crippen molar-refractivity contribution in [3.05, 3.63) is 23.3 Å². The van der Waals surface area contributed by atoms with Gasteiger partial charge in [0.2, 0.25) is 5.75 Å². The van der Waals surface area contributed by atoms with E-state index < -0.39 is 18.0 Å². The molecule has 2 atom stereocenters. The summed E-state index contributed by atoms with van der Waals surface area (Å²) in [6.07, 6.45) is -0.00223. The molecule has 0 aromatic heterocycles. The summed E-state index contributed by atoms with van der Waals surface area (Å²) in [5, 5.41) is 20.7. The molecule has 0 saturated carbocycles. The second-order valence-electron chi connectivity index (χ2n) is 4.65. The average Bonchev–Trinajstić information content (AvgIpc) is 2.54. The van der Waals surface area contributed by atoms with Gasteiger partial charge >= 0.3 is 5.97 Å². The molecule has 0 fully saturated rings. The highest BCUT2D eigenvalue weighted by atomic mass is 16.5. The molecule has 22 heavy (non-hydrogen) atoms. The van der Waals surface area contributed by atoms with Crippen molar-refractivity contribution in [3.63, 3.8) is 0 Å². The topological polar surface area (TPSA) is 94.5 Å². The van der Waals surface area contributed by atoms with Gasteiger partial charge in [-0.25, -0.2) is 0 Å². The molecule has 0 saturated heterocycles. The Kier molecular flexibility index (Phi) is 4.46. The van der Waals surface area contributed by atoms with E-state index in [9.17, 15) is 15.0 Å². The van der Waals surface area contributed by atoms with E-state index in [2.05, 4.69) is 4.74 Å². The molecule has 0 amide bonds. The zero-order valence-corrected chi connectivity index (χ0v) is 12.7. The molecule has 120 valence electrons. The molecular weight excluding hydrogens is 292 g/mol. The van der Waals surface area contributed by atoms with Gasteiger partial charge in [0.1, 0.15) is 17.8 Å². The van der Waals surface area contributed by atoms with Gasteiger partial charge in [0.25, 0.3) is 0 Å². The highest BCUT2D eigenvalue weighted by Gasteiger charge is 2.38. The van der Waals surface area contributed by atoms with Crippen molar-refractivity contribution in [2.45, 2.75) is 6.10 Å². The Morgan fingerprint density at radius 1 is 1.09 bits per heavy atom. The van der Waals surface area contributed by atoms with Gasteiger partial charge in [-0.3, -0.25) is 4.79 Å². The first kappa shape index (κ1) is 16.0. The van der Waals surface area contributed by atoms with Crippen LogP contribution >= 0.6 is 0 Å². The van der Waals surface area contributed by atoms with Crippen molar-refractivity contribution < 1.29 is 34.0 Å². The third kappa shape index (κ3) is 2.33. The minimum Gasteiger partial charge on any atom is -0.508 e. The lowest BCUT2D eigenvalue weighted by atomic mass is 9.84. The fourth-order valence-electron chi connectivity index (χ4n) is 2.55. The number of methoxy groups -OCH3 is 4. The molecule has 1 aromatic rings. The number of hydrogen-bond acceptors (Lipinski definition) is 7. The SMILES string of the molecule is COC(=O)C1C=C(O)c2cc(OC)c(OC)c(OC)c2C1O. The van der Waals surface area contributed by atoms with Crippen molar-refractivity contribution in [2.24, 2.45) is 5.92 Å². The van der Waals surface area contributed by atoms with Gasteiger partial charge < -0.3 is 29.2 Å². The van der Waals surface area contributed by atoms with Gasteiger partial charge in [-0.05, 0) is 12.1 Å². The molecule has 2 N–H and O–H groups in total. The third-order valence-corrected chi connectivity index (χ3v) is 3.59. The molecule has 0 spiro atoms. The van der Waals surface area contributed by atoms with Crippen molar-refractivity contribution in [1.82, 2.24) is 0 Å². The van der Waals surface area contributed by atoms with Gasteiger partial charge in [-0.2, -0.15) is 0 Å². The van der Waals surface area contributed by atoms with Crippen LogP contribution in [0.25, 0.3) is 5.76 Å². The Morgan fingerprint density at radius 2 is 1.73 bits per heavy atom. The van der Waals surface area contributed by atoms with E-state index in [4.69, 9.17) is 14.2 Å². The predicted molar refractivity (Wildman–Crippen MR) is 77.2 cm³/mol. The molecule has 7 heteroatoms. The van der Waals surface area contributed by atoms with E-state index >= 15 is 0 Å². The molecule has 7 nitrogen and oxygen atoms in total. The van der Waals surface area contributed by atoms with Gasteiger partial charge in [-0.15, -0.1) is 0 Å². The normalized spacial score (nSPS) is 19.8. The first-order chi connectivity index (χ1) is 10.5. The van der Waals surface area contributed by atoms with E-state index in [1.807, 2.05) is 0 Å². The smallest absolute Gasteiger partial charge is 0.315 e. The van der Waals surface area contributed by atoms with Crippen molar-refractivity contribution in [3.8, 4) is 17.2 Å². The van der Waals surface area contributed by atoms with Crippen LogP contribution in [0.4, 0.5) is 0 Å². The average molecular weight is 310 g/mol. The summed E-state index contributed by atoms with van der Waals surface area (Å²) in [7, 11) is 5.48. The maximum Gasteiger partial charge on any atom is 0.315 e. The molecule has 2 rings (SSSR count). The second-order valence-corrected chi connectivity index (χ2v) is 4.65. The Morgan fingerprint density at radius 3 is 2.23 bits per heavy atom. The minimum atomic E-state index is -1.24. The zero-order chi connectivity index (χ0) is 16.4. The van der Waals surface area contributed by atoms with Crippen molar-refractivity contribution in [1.29, 1.82) is 0 Å². The van der Waals surface area contributed by atoms with Crippen LogP contribution in [0.5, 0.6) is 17.2 Å². The predicted octanol–water partition coefficient (Wildman–Crippen LogP) is 1.45. The molecule has 0 heterocycles. The van der Waals surface area contributed by atoms with Crippen LogP contribution in [0.2, 0.25) is 0 Å². The number of ether oxygens (including phenoxy) is 4. The molecular formula is C15H18O7. The van der Waals surface area contributed by atoms with E-state index in [1.54, 1.807) is 0 Å². The van der Waals surface area contributed by atoms with Gasteiger partial charge in [-0.1, -0.05) is 0 Å². The molecule has 0 bridgehead atoms. The number of carbonyl (C=O) groups excluding carboxylic acids is 1. The lowest BCUT2D eigenvalue weighted by molar-refractivity contribution is -0.147. The summed E-state index contributed by atoms with van der Waals surface area (Å²) in [6.45, 7) is 0. The molecule has 0 aliphatic heterocycles. The van der Waals surface area contributed by atoms with Crippen LogP contribution < -0.4 is 14.2 Å². The Hall–Kier alpha value is -2.41. The third-order valence-electron chi connectivity index (χ3n) is 3.59.